The summed E-state index contributed by atoms with van der Waals surface area (Å²) in [4.78, 5) is 66.3. The van der Waals surface area contributed by atoms with Crippen molar-refractivity contribution in [3.05, 3.63) is 145 Å². The lowest BCUT2D eigenvalue weighted by Crippen LogP contribution is -2.36. The smallest absolute Gasteiger partial charge is 0.337 e. The highest BCUT2D eigenvalue weighted by atomic mass is 35.5. The molecule has 14 nitrogen and oxygen atoms in total. The number of carboxylic acid groups (broad SMARTS) is 2. The van der Waals surface area contributed by atoms with E-state index in [9.17, 15) is 39.3 Å². The third-order valence-corrected chi connectivity index (χ3v) is 11.0. The van der Waals surface area contributed by atoms with E-state index in [1.807, 2.05) is 19.0 Å². The Kier molecular flexibility index (Phi) is 10.6. The van der Waals surface area contributed by atoms with E-state index in [1.165, 1.54) is 48.5 Å². The van der Waals surface area contributed by atoms with Gasteiger partial charge in [-0.3, -0.25) is 14.4 Å². The van der Waals surface area contributed by atoms with Gasteiger partial charge in [0.25, 0.3) is 5.91 Å². The molecule has 0 unspecified atom stereocenters. The number of hydrogen-bond donors (Lipinski definition) is 6. The molecule has 0 fully saturated rings. The van der Waals surface area contributed by atoms with Gasteiger partial charge < -0.3 is 45.1 Å². The molecule has 2 aliphatic heterocycles. The molecule has 310 valence electrons. The van der Waals surface area contributed by atoms with Gasteiger partial charge in [-0.05, 0) is 71.8 Å². The molecule has 4 aromatic rings. The Labute approximate surface area is 360 Å². The first-order valence-electron chi connectivity index (χ1n) is 18.7. The molecule has 2 aliphatic carbocycles. The van der Waals surface area contributed by atoms with E-state index in [-0.39, 0.29) is 72.5 Å². The van der Waals surface area contributed by atoms with Crippen LogP contribution in [0.1, 0.15) is 36.6 Å². The van der Waals surface area contributed by atoms with Gasteiger partial charge in [0.05, 0.1) is 38.6 Å². The summed E-state index contributed by atoms with van der Waals surface area (Å²) >= 11 is 13.6. The number of carbonyl (C=O) groups is 4. The highest BCUT2D eigenvalue weighted by Crippen LogP contribution is 2.47. The van der Waals surface area contributed by atoms with E-state index in [0.717, 1.165) is 11.8 Å². The first kappa shape index (κ1) is 41.1. The molecule has 0 aromatic heterocycles. The minimum Gasteiger partial charge on any atom is -0.508 e. The number of carbonyl (C=O) groups excluding carboxylic acids is 2. The summed E-state index contributed by atoms with van der Waals surface area (Å²) in [6, 6.07) is 24.1. The molecule has 4 aromatic carbocycles. The third-order valence-electron chi connectivity index (χ3n) is 10.3. The summed E-state index contributed by atoms with van der Waals surface area (Å²) in [6.45, 7) is -0.685. The number of phenols is 1. The predicted octanol–water partition coefficient (Wildman–Crippen LogP) is 8.08. The van der Waals surface area contributed by atoms with Crippen LogP contribution in [0.25, 0.3) is 66.8 Å². The number of nitrogens with zero attached hydrogens (tertiary/aromatic N) is 1. The van der Waals surface area contributed by atoms with Gasteiger partial charge in [-0.2, -0.15) is 0 Å². The SMILES string of the molecule is CN(C)c1ccc2c(-c3c(Cl)c(C(=O)NCC(=O)NCc4ccc(-c5c6ccc(=O)cc-6oc6cc(O)ccc56)c(C(=O)O)c4)cc(Cl)c3C(=O)O)c3ccc(=N)cc-3oc2c1. The average Bonchev–Trinajstić information content (AvgIpc) is 3.23. The highest BCUT2D eigenvalue weighted by molar-refractivity contribution is 6.41. The van der Waals surface area contributed by atoms with E-state index >= 15 is 0 Å². The Morgan fingerprint density at radius 1 is 0.694 bits per heavy atom. The summed E-state index contributed by atoms with van der Waals surface area (Å²) in [5, 5.41) is 44.7. The van der Waals surface area contributed by atoms with Crippen LogP contribution in [-0.4, -0.2) is 59.7 Å². The zero-order chi connectivity index (χ0) is 44.1. The van der Waals surface area contributed by atoms with Crippen LogP contribution in [0.5, 0.6) is 5.75 Å². The Bertz CT molecular complexity index is 3270. The van der Waals surface area contributed by atoms with Crippen LogP contribution in [0.3, 0.4) is 0 Å². The van der Waals surface area contributed by atoms with Gasteiger partial charge in [-0.1, -0.05) is 35.3 Å². The van der Waals surface area contributed by atoms with E-state index in [4.69, 9.17) is 37.4 Å². The number of hydrogen-bond acceptors (Lipinski definition) is 10. The molecule has 62 heavy (non-hydrogen) atoms. The molecule has 0 saturated heterocycles. The maximum atomic E-state index is 13.7. The number of anilines is 1. The number of aromatic hydroxyl groups is 1. The molecule has 4 aliphatic rings. The molecule has 0 spiro atoms. The van der Waals surface area contributed by atoms with Crippen molar-refractivity contribution in [2.24, 2.45) is 0 Å². The number of nitrogens with one attached hydrogen (secondary N) is 3. The van der Waals surface area contributed by atoms with E-state index in [2.05, 4.69) is 10.6 Å². The van der Waals surface area contributed by atoms with E-state index in [1.54, 1.807) is 42.5 Å². The van der Waals surface area contributed by atoms with Gasteiger partial charge in [-0.15, -0.1) is 0 Å². The van der Waals surface area contributed by atoms with Crippen molar-refractivity contribution in [1.29, 1.82) is 5.41 Å². The molecular weight excluding hydrogens is 839 g/mol. The summed E-state index contributed by atoms with van der Waals surface area (Å²) in [5.41, 5.74) is 2.58. The third kappa shape index (κ3) is 7.53. The average molecular weight is 872 g/mol. The molecule has 2 amide bonds. The number of halogens is 2. The van der Waals surface area contributed by atoms with Gasteiger partial charge in [0.2, 0.25) is 5.91 Å². The molecule has 0 bridgehead atoms. The quantitative estimate of drug-likeness (QED) is 0.0721. The molecule has 0 atom stereocenters. The van der Waals surface area contributed by atoms with Crippen molar-refractivity contribution < 1.29 is 43.3 Å². The van der Waals surface area contributed by atoms with Gasteiger partial charge in [0.1, 0.15) is 28.4 Å². The van der Waals surface area contributed by atoms with E-state index < -0.39 is 30.3 Å². The van der Waals surface area contributed by atoms with Crippen molar-refractivity contribution >= 4 is 74.6 Å². The van der Waals surface area contributed by atoms with Crippen LogP contribution in [0, 0.1) is 5.41 Å². The monoisotopic (exact) mass is 870 g/mol. The van der Waals surface area contributed by atoms with Crippen molar-refractivity contribution in [2.45, 2.75) is 6.54 Å². The summed E-state index contributed by atoms with van der Waals surface area (Å²) in [5.74, 6) is -3.81. The minimum absolute atomic E-state index is 0.0701. The van der Waals surface area contributed by atoms with Crippen LogP contribution in [0.4, 0.5) is 5.69 Å². The fraction of sp³-hybridized carbons (Fsp3) is 0.0870. The van der Waals surface area contributed by atoms with Gasteiger partial charge >= 0.3 is 11.9 Å². The van der Waals surface area contributed by atoms with Crippen molar-refractivity contribution in [1.82, 2.24) is 10.6 Å². The number of aromatic carboxylic acids is 2. The molecule has 0 saturated carbocycles. The number of amides is 2. The highest BCUT2D eigenvalue weighted by Gasteiger charge is 2.30. The predicted molar refractivity (Wildman–Crippen MR) is 233 cm³/mol. The van der Waals surface area contributed by atoms with Crippen LogP contribution in [-0.2, 0) is 11.3 Å². The summed E-state index contributed by atoms with van der Waals surface area (Å²) < 4.78 is 12.1. The topological polar surface area (TPSA) is 223 Å². The fourth-order valence-electron chi connectivity index (χ4n) is 7.43. The summed E-state index contributed by atoms with van der Waals surface area (Å²) in [6.07, 6.45) is 0. The number of fused-ring (bicyclic) bond motifs is 4. The zero-order valence-electron chi connectivity index (χ0n) is 32.6. The fourth-order valence-corrected chi connectivity index (χ4v) is 8.04. The normalized spacial score (nSPS) is 11.3. The van der Waals surface area contributed by atoms with E-state index in [0.29, 0.717) is 49.7 Å². The minimum atomic E-state index is -1.42. The van der Waals surface area contributed by atoms with Crippen LogP contribution in [0.15, 0.2) is 111 Å². The van der Waals surface area contributed by atoms with Crippen molar-refractivity contribution in [3.63, 3.8) is 0 Å². The number of rotatable bonds is 10. The first-order valence-corrected chi connectivity index (χ1v) is 19.4. The zero-order valence-corrected chi connectivity index (χ0v) is 34.1. The van der Waals surface area contributed by atoms with Crippen LogP contribution in [0.2, 0.25) is 10.0 Å². The molecule has 8 rings (SSSR count). The largest absolute Gasteiger partial charge is 0.508 e. The lowest BCUT2D eigenvalue weighted by molar-refractivity contribution is -0.120. The van der Waals surface area contributed by atoms with Gasteiger partial charge in [0.15, 0.2) is 5.43 Å². The maximum Gasteiger partial charge on any atom is 0.337 e. The lowest BCUT2D eigenvalue weighted by Gasteiger charge is -2.21. The molecular formula is C46H32Cl2N4O10. The van der Waals surface area contributed by atoms with Crippen LogP contribution < -0.4 is 26.3 Å². The lowest BCUT2D eigenvalue weighted by atomic mass is 9.89. The van der Waals surface area contributed by atoms with Gasteiger partial charge in [-0.25, -0.2) is 9.59 Å². The number of phenolic OH excluding ortho intramolecular Hbond substituents is 1. The Morgan fingerprint density at radius 2 is 1.35 bits per heavy atom. The molecule has 6 N–H and O–H groups in total. The second-order valence-corrected chi connectivity index (χ2v) is 15.3. The Hall–Kier alpha value is -7.68. The second kappa shape index (κ2) is 16.1. The number of carboxylic acids is 2. The molecule has 2 heterocycles. The Morgan fingerprint density at radius 3 is 2.08 bits per heavy atom. The molecule has 0 radical (unpaired) electrons. The van der Waals surface area contributed by atoms with Crippen molar-refractivity contribution in [3.8, 4) is 50.7 Å². The molecule has 16 heteroatoms. The Balaban J connectivity index is 1.07. The van der Waals surface area contributed by atoms with Crippen LogP contribution >= 0.6 is 23.2 Å². The standard InChI is InChI=1S/C46H32Cl2N4O10/c1-52(2)23-5-10-30-35(15-23)61-34-14-22(49)4-9-29(34)40(30)42-41(46(59)60)33(47)18-32(43(42)48)44(56)51-20-38(55)50-19-21-3-8-26(31(13-21)45(57)58)39-27-11-6-24(53)16-36(27)62-37-17-25(54)7-12-28(37)39/h3-18,49,53H,19-20H2,1-2H3,(H,50,55)(H,51,56)(H,57,58)(H,59,60). The first-order chi connectivity index (χ1) is 29.6. The summed E-state index contributed by atoms with van der Waals surface area (Å²) in [7, 11) is 3.68. The number of benzene rings is 6. The second-order valence-electron chi connectivity index (χ2n) is 14.5. The van der Waals surface area contributed by atoms with Gasteiger partial charge in [0, 0.05) is 89.2 Å². The maximum absolute atomic E-state index is 13.7. The van der Waals surface area contributed by atoms with Crippen molar-refractivity contribution in [2.75, 3.05) is 25.5 Å².